The molecule has 0 spiro atoms. The number of nitrogens with zero attached hydrogens (tertiary/aromatic N) is 2. The smallest absolute Gasteiger partial charge is 0.358 e. The lowest BCUT2D eigenvalue weighted by Crippen LogP contribution is -2.40. The molecule has 4 N–H and O–H groups in total. The van der Waals surface area contributed by atoms with Crippen molar-refractivity contribution < 1.29 is 14.7 Å². The first-order chi connectivity index (χ1) is 9.91. The fourth-order valence-electron chi connectivity index (χ4n) is 2.07. The molecule has 7 nitrogen and oxygen atoms in total. The summed E-state index contributed by atoms with van der Waals surface area (Å²) < 4.78 is 0. The molecule has 0 aliphatic heterocycles. The summed E-state index contributed by atoms with van der Waals surface area (Å²) in [6.45, 7) is 3.64. The van der Waals surface area contributed by atoms with Crippen molar-refractivity contribution in [2.75, 3.05) is 5.32 Å². The van der Waals surface area contributed by atoms with Crippen LogP contribution in [-0.2, 0) is 4.79 Å². The lowest BCUT2D eigenvalue weighted by Gasteiger charge is -2.21. The minimum absolute atomic E-state index is 0.101. The molecule has 2 rings (SSSR count). The van der Waals surface area contributed by atoms with Gasteiger partial charge in [-0.2, -0.15) is 0 Å². The van der Waals surface area contributed by atoms with E-state index in [4.69, 9.17) is 5.73 Å². The molecular formula is C14H16N4O3. The highest BCUT2D eigenvalue weighted by Gasteiger charge is 2.24. The number of fused-ring (bicyclic) bond motifs is 1. The van der Waals surface area contributed by atoms with Gasteiger partial charge >= 0.3 is 5.97 Å². The lowest BCUT2D eigenvalue weighted by molar-refractivity contribution is -0.119. The van der Waals surface area contributed by atoms with E-state index in [1.807, 2.05) is 13.8 Å². The average molecular weight is 288 g/mol. The zero-order valence-electron chi connectivity index (χ0n) is 11.7. The second-order valence-corrected chi connectivity index (χ2v) is 5.01. The predicted molar refractivity (Wildman–Crippen MR) is 77.9 cm³/mol. The maximum atomic E-state index is 11.5. The Morgan fingerprint density at radius 1 is 1.24 bits per heavy atom. The van der Waals surface area contributed by atoms with Crippen molar-refractivity contribution in [3.05, 3.63) is 30.0 Å². The van der Waals surface area contributed by atoms with E-state index < -0.39 is 17.9 Å². The van der Waals surface area contributed by atoms with Crippen molar-refractivity contribution in [3.63, 3.8) is 0 Å². The number of hydrogen-bond acceptors (Lipinski definition) is 5. The Morgan fingerprint density at radius 2 is 1.90 bits per heavy atom. The van der Waals surface area contributed by atoms with Gasteiger partial charge in [0.2, 0.25) is 5.91 Å². The number of primary amides is 1. The van der Waals surface area contributed by atoms with E-state index in [1.165, 1.54) is 0 Å². The van der Waals surface area contributed by atoms with Crippen LogP contribution in [0.5, 0.6) is 0 Å². The van der Waals surface area contributed by atoms with Gasteiger partial charge in [-0.25, -0.2) is 4.79 Å². The third kappa shape index (κ3) is 2.91. The molecular weight excluding hydrogens is 272 g/mol. The van der Waals surface area contributed by atoms with Crippen molar-refractivity contribution in [2.45, 2.75) is 19.9 Å². The number of hydrogen-bond donors (Lipinski definition) is 3. The quantitative estimate of drug-likeness (QED) is 0.762. The maximum absolute atomic E-state index is 11.5. The van der Waals surface area contributed by atoms with Gasteiger partial charge in [0.25, 0.3) is 0 Å². The molecule has 7 heteroatoms. The maximum Gasteiger partial charge on any atom is 0.358 e. The first-order valence-corrected chi connectivity index (χ1v) is 6.46. The number of nitrogens with one attached hydrogen (secondary N) is 1. The van der Waals surface area contributed by atoms with Gasteiger partial charge < -0.3 is 16.2 Å². The third-order valence-electron chi connectivity index (χ3n) is 3.14. The van der Waals surface area contributed by atoms with Crippen molar-refractivity contribution in [1.82, 2.24) is 10.2 Å². The summed E-state index contributed by atoms with van der Waals surface area (Å²) in [6.07, 6.45) is 0. The minimum atomic E-state index is -1.22. The summed E-state index contributed by atoms with van der Waals surface area (Å²) in [6, 6.07) is 6.27. The molecule has 1 atom stereocenters. The van der Waals surface area contributed by atoms with E-state index >= 15 is 0 Å². The Hall–Kier alpha value is -2.70. The Kier molecular flexibility index (Phi) is 4.02. The van der Waals surface area contributed by atoms with Gasteiger partial charge in [-0.15, -0.1) is 10.2 Å². The molecule has 110 valence electrons. The molecule has 1 unspecified atom stereocenters. The van der Waals surface area contributed by atoms with Crippen LogP contribution in [0.4, 0.5) is 5.69 Å². The highest BCUT2D eigenvalue weighted by molar-refractivity contribution is 6.03. The highest BCUT2D eigenvalue weighted by Crippen LogP contribution is 2.26. The monoisotopic (exact) mass is 288 g/mol. The van der Waals surface area contributed by atoms with E-state index in [2.05, 4.69) is 15.5 Å². The number of amides is 1. The Morgan fingerprint density at radius 3 is 2.48 bits per heavy atom. The minimum Gasteiger partial charge on any atom is -0.476 e. The van der Waals surface area contributed by atoms with Crippen LogP contribution in [0.25, 0.3) is 10.9 Å². The van der Waals surface area contributed by atoms with E-state index in [0.29, 0.717) is 10.9 Å². The van der Waals surface area contributed by atoms with E-state index in [0.717, 1.165) is 0 Å². The van der Waals surface area contributed by atoms with Gasteiger partial charge in [0.1, 0.15) is 6.04 Å². The number of carbonyl (C=O) groups is 2. The van der Waals surface area contributed by atoms with Crippen LogP contribution in [0.1, 0.15) is 24.3 Å². The first kappa shape index (κ1) is 14.7. The molecule has 0 saturated carbocycles. The number of aromatic nitrogens is 2. The zero-order valence-corrected chi connectivity index (χ0v) is 11.7. The SMILES string of the molecule is CC(C)C(Nc1c(C(=O)O)nnc2ccccc12)C(N)=O. The van der Waals surface area contributed by atoms with Crippen molar-refractivity contribution in [3.8, 4) is 0 Å². The molecule has 0 aliphatic rings. The van der Waals surface area contributed by atoms with Crippen molar-refractivity contribution >= 4 is 28.5 Å². The summed E-state index contributed by atoms with van der Waals surface area (Å²) in [4.78, 5) is 22.9. The fourth-order valence-corrected chi connectivity index (χ4v) is 2.07. The number of nitrogens with two attached hydrogens (primary N) is 1. The van der Waals surface area contributed by atoms with Crippen LogP contribution in [0.15, 0.2) is 24.3 Å². The molecule has 1 heterocycles. The molecule has 21 heavy (non-hydrogen) atoms. The number of rotatable bonds is 5. The molecule has 0 aliphatic carbocycles. The van der Waals surface area contributed by atoms with Gasteiger partial charge in [0.15, 0.2) is 5.69 Å². The van der Waals surface area contributed by atoms with Crippen LogP contribution in [0.3, 0.4) is 0 Å². The van der Waals surface area contributed by atoms with Crippen LogP contribution in [0, 0.1) is 5.92 Å². The predicted octanol–water partition coefficient (Wildman–Crippen LogP) is 1.25. The van der Waals surface area contributed by atoms with Crippen LogP contribution in [-0.4, -0.2) is 33.2 Å². The molecule has 1 amide bonds. The van der Waals surface area contributed by atoms with Gasteiger partial charge in [-0.05, 0) is 12.0 Å². The molecule has 1 aromatic carbocycles. The molecule has 0 radical (unpaired) electrons. The van der Waals surface area contributed by atoms with E-state index in [-0.39, 0.29) is 17.3 Å². The van der Waals surface area contributed by atoms with Crippen molar-refractivity contribution in [1.29, 1.82) is 0 Å². The summed E-state index contributed by atoms with van der Waals surface area (Å²) in [7, 11) is 0. The first-order valence-electron chi connectivity index (χ1n) is 6.46. The largest absolute Gasteiger partial charge is 0.476 e. The second-order valence-electron chi connectivity index (χ2n) is 5.01. The summed E-state index contributed by atoms with van der Waals surface area (Å²) in [5, 5.41) is 20.3. The molecule has 1 aromatic heterocycles. The average Bonchev–Trinajstić information content (AvgIpc) is 2.43. The van der Waals surface area contributed by atoms with Gasteiger partial charge in [0.05, 0.1) is 11.2 Å². The topological polar surface area (TPSA) is 118 Å². The Bertz CT molecular complexity index is 700. The third-order valence-corrected chi connectivity index (χ3v) is 3.14. The molecule has 2 aromatic rings. The number of carboxylic acids is 1. The molecule has 0 fully saturated rings. The van der Waals surface area contributed by atoms with E-state index in [1.54, 1.807) is 24.3 Å². The number of carboxylic acid groups (broad SMARTS) is 1. The van der Waals surface area contributed by atoms with E-state index in [9.17, 15) is 14.7 Å². The van der Waals surface area contributed by atoms with Crippen LogP contribution >= 0.6 is 0 Å². The Labute approximate surface area is 121 Å². The summed E-state index contributed by atoms with van der Waals surface area (Å²) >= 11 is 0. The standard InChI is InChI=1S/C14H16N4O3/c1-7(2)10(13(15)19)16-11-8-5-3-4-6-9(8)17-18-12(11)14(20)21/h3-7,10H,1-2H3,(H2,15,19)(H,16,17)(H,20,21). The molecule has 0 saturated heterocycles. The van der Waals surface area contributed by atoms with Crippen LogP contribution < -0.4 is 11.1 Å². The zero-order chi connectivity index (χ0) is 15.6. The number of benzene rings is 1. The number of carbonyl (C=O) groups excluding carboxylic acids is 1. The second kappa shape index (κ2) is 5.74. The van der Waals surface area contributed by atoms with Gasteiger partial charge in [0, 0.05) is 5.39 Å². The fraction of sp³-hybridized carbons (Fsp3) is 0.286. The van der Waals surface area contributed by atoms with Gasteiger partial charge in [-0.1, -0.05) is 32.0 Å². The summed E-state index contributed by atoms with van der Waals surface area (Å²) in [5.41, 5.74) is 5.93. The highest BCUT2D eigenvalue weighted by atomic mass is 16.4. The number of aromatic carboxylic acids is 1. The lowest BCUT2D eigenvalue weighted by atomic mass is 10.0. The normalized spacial score (nSPS) is 12.3. The van der Waals surface area contributed by atoms with Gasteiger partial charge in [-0.3, -0.25) is 4.79 Å². The molecule has 0 bridgehead atoms. The Balaban J connectivity index is 2.61. The van der Waals surface area contributed by atoms with Crippen LogP contribution in [0.2, 0.25) is 0 Å². The number of anilines is 1. The van der Waals surface area contributed by atoms with Crippen molar-refractivity contribution in [2.24, 2.45) is 11.7 Å². The summed E-state index contributed by atoms with van der Waals surface area (Å²) in [5.74, 6) is -1.87.